The molecule has 0 unspecified atom stereocenters. The number of benzene rings is 1. The second-order valence-corrected chi connectivity index (χ2v) is 2.62. The summed E-state index contributed by atoms with van der Waals surface area (Å²) in [7, 11) is 0. The topological polar surface area (TPSA) is 68.9 Å². The number of hydrogen-bond donors (Lipinski definition) is 1. The van der Waals surface area contributed by atoms with Gasteiger partial charge < -0.3 is 5.73 Å². The average molecular weight is 173 g/mol. The van der Waals surface area contributed by atoms with E-state index in [4.69, 9.17) is 5.73 Å². The summed E-state index contributed by atoms with van der Waals surface area (Å²) in [5.41, 5.74) is 5.46. The molecule has 0 saturated heterocycles. The van der Waals surface area contributed by atoms with Crippen molar-refractivity contribution in [3.05, 3.63) is 40.8 Å². The monoisotopic (exact) mass is 173 g/mol. The molecule has 2 N–H and O–H groups in total. The molecule has 64 valence electrons. The highest BCUT2D eigenvalue weighted by molar-refractivity contribution is 5.76. The summed E-state index contributed by atoms with van der Waals surface area (Å²) in [6, 6.07) is 7.24. The number of anilines is 1. The van der Waals surface area contributed by atoms with Crippen molar-refractivity contribution < 1.29 is 0 Å². The summed E-state index contributed by atoms with van der Waals surface area (Å²) in [6.07, 6.45) is 1.54. The summed E-state index contributed by atoms with van der Waals surface area (Å²) < 4.78 is 0. The van der Waals surface area contributed by atoms with Crippen LogP contribution in [0.1, 0.15) is 0 Å². The van der Waals surface area contributed by atoms with Gasteiger partial charge in [0, 0.05) is 11.6 Å². The van der Waals surface area contributed by atoms with Gasteiger partial charge in [-0.25, -0.2) is 9.97 Å². The molecule has 4 heteroatoms. The number of fused-ring (bicyclic) bond motifs is 1. The molecule has 0 aliphatic rings. The van der Waals surface area contributed by atoms with E-state index < -0.39 is 5.56 Å². The van der Waals surface area contributed by atoms with Crippen LogP contribution in [-0.4, -0.2) is 9.97 Å². The van der Waals surface area contributed by atoms with Gasteiger partial charge in [0.05, 0.1) is 5.52 Å². The van der Waals surface area contributed by atoms with E-state index in [0.29, 0.717) is 5.52 Å². The SMILES string of the molecule is Nc1ncc2ccccc2nc1=O. The number of rotatable bonds is 0. The lowest BCUT2D eigenvalue weighted by Crippen LogP contribution is -2.09. The van der Waals surface area contributed by atoms with Crippen LogP contribution >= 0.6 is 0 Å². The normalized spacial score (nSPS) is 10.2. The van der Waals surface area contributed by atoms with E-state index in [1.165, 1.54) is 0 Å². The van der Waals surface area contributed by atoms with E-state index in [2.05, 4.69) is 9.97 Å². The molecule has 1 heterocycles. The summed E-state index contributed by atoms with van der Waals surface area (Å²) in [4.78, 5) is 18.7. The van der Waals surface area contributed by atoms with Crippen molar-refractivity contribution in [1.29, 1.82) is 0 Å². The predicted molar refractivity (Wildman–Crippen MR) is 50.2 cm³/mol. The zero-order valence-corrected chi connectivity index (χ0v) is 6.77. The first-order chi connectivity index (χ1) is 6.27. The third kappa shape index (κ3) is 1.33. The van der Waals surface area contributed by atoms with E-state index in [1.54, 1.807) is 12.3 Å². The van der Waals surface area contributed by atoms with Crippen LogP contribution in [0.25, 0.3) is 10.9 Å². The quantitative estimate of drug-likeness (QED) is 0.632. The van der Waals surface area contributed by atoms with E-state index in [0.717, 1.165) is 5.39 Å². The average Bonchev–Trinajstić information content (AvgIpc) is 2.28. The minimum Gasteiger partial charge on any atom is -0.379 e. The van der Waals surface area contributed by atoms with Gasteiger partial charge >= 0.3 is 5.56 Å². The van der Waals surface area contributed by atoms with E-state index in [9.17, 15) is 4.79 Å². The van der Waals surface area contributed by atoms with Crippen molar-refractivity contribution in [2.24, 2.45) is 0 Å². The molecule has 0 amide bonds. The van der Waals surface area contributed by atoms with Crippen molar-refractivity contribution in [2.45, 2.75) is 0 Å². The summed E-state index contributed by atoms with van der Waals surface area (Å²) >= 11 is 0. The standard InChI is InChI=1S/C9H7N3O/c10-8-9(13)12-7-4-2-1-3-6(7)5-11-8/h1-5H,(H2,10,11,12,13). The maximum absolute atomic E-state index is 11.1. The Morgan fingerprint density at radius 1 is 1.23 bits per heavy atom. The van der Waals surface area contributed by atoms with E-state index in [-0.39, 0.29) is 5.82 Å². The van der Waals surface area contributed by atoms with Crippen LogP contribution < -0.4 is 11.3 Å². The molecule has 0 aliphatic heterocycles. The molecule has 0 atom stereocenters. The minimum atomic E-state index is -0.485. The fourth-order valence-corrected chi connectivity index (χ4v) is 1.06. The molecule has 0 saturated carbocycles. The van der Waals surface area contributed by atoms with E-state index in [1.807, 2.05) is 18.2 Å². The zero-order valence-electron chi connectivity index (χ0n) is 6.77. The molecule has 1 aromatic heterocycles. The lowest BCUT2D eigenvalue weighted by atomic mass is 10.2. The van der Waals surface area contributed by atoms with Gasteiger partial charge in [-0.1, -0.05) is 18.2 Å². The van der Waals surface area contributed by atoms with Gasteiger partial charge in [0.25, 0.3) is 0 Å². The lowest BCUT2D eigenvalue weighted by molar-refractivity contribution is 1.27. The first-order valence-corrected chi connectivity index (χ1v) is 3.79. The van der Waals surface area contributed by atoms with Crippen molar-refractivity contribution in [3.63, 3.8) is 0 Å². The number of nitrogen functional groups attached to an aromatic ring is 1. The summed E-state index contributed by atoms with van der Waals surface area (Å²) in [6.45, 7) is 0. The van der Waals surface area contributed by atoms with Crippen molar-refractivity contribution >= 4 is 16.7 Å². The van der Waals surface area contributed by atoms with Gasteiger partial charge in [-0.3, -0.25) is 4.79 Å². The van der Waals surface area contributed by atoms with Crippen LogP contribution in [0, 0.1) is 0 Å². The largest absolute Gasteiger partial charge is 0.379 e. The molecule has 2 rings (SSSR count). The number of nitrogens with two attached hydrogens (primary N) is 1. The fourth-order valence-electron chi connectivity index (χ4n) is 1.06. The van der Waals surface area contributed by atoms with Crippen molar-refractivity contribution in [3.8, 4) is 0 Å². The van der Waals surface area contributed by atoms with Gasteiger partial charge in [0.15, 0.2) is 5.82 Å². The van der Waals surface area contributed by atoms with Gasteiger partial charge in [-0.05, 0) is 6.07 Å². The Morgan fingerprint density at radius 2 is 2.00 bits per heavy atom. The number of para-hydroxylation sites is 1. The fraction of sp³-hybridized carbons (Fsp3) is 0. The molecule has 0 aliphatic carbocycles. The molecule has 2 aromatic rings. The van der Waals surface area contributed by atoms with Crippen LogP contribution in [0.5, 0.6) is 0 Å². The highest BCUT2D eigenvalue weighted by Gasteiger charge is 1.96. The summed E-state index contributed by atoms with van der Waals surface area (Å²) in [5, 5.41) is 0.802. The second-order valence-electron chi connectivity index (χ2n) is 2.62. The van der Waals surface area contributed by atoms with Gasteiger partial charge in [0.2, 0.25) is 0 Å². The van der Waals surface area contributed by atoms with E-state index >= 15 is 0 Å². The van der Waals surface area contributed by atoms with Crippen molar-refractivity contribution in [1.82, 2.24) is 9.97 Å². The van der Waals surface area contributed by atoms with Gasteiger partial charge in [0.1, 0.15) is 0 Å². The van der Waals surface area contributed by atoms with Gasteiger partial charge in [-0.15, -0.1) is 0 Å². The number of hydrogen-bond acceptors (Lipinski definition) is 4. The van der Waals surface area contributed by atoms with Crippen LogP contribution in [0.3, 0.4) is 0 Å². The predicted octanol–water partition coefficient (Wildman–Crippen LogP) is 0.572. The molecule has 0 fully saturated rings. The Labute approximate surface area is 74.1 Å². The Balaban J connectivity index is 2.97. The molecular formula is C9H7N3O. The van der Waals surface area contributed by atoms with Crippen molar-refractivity contribution in [2.75, 3.05) is 5.73 Å². The van der Waals surface area contributed by atoms with Gasteiger partial charge in [-0.2, -0.15) is 0 Å². The first-order valence-electron chi connectivity index (χ1n) is 3.79. The maximum atomic E-state index is 11.1. The third-order valence-electron chi connectivity index (χ3n) is 1.72. The Bertz CT molecular complexity index is 510. The smallest absolute Gasteiger partial charge is 0.312 e. The van der Waals surface area contributed by atoms with Crippen LogP contribution in [0.4, 0.5) is 5.82 Å². The molecule has 1 aromatic carbocycles. The Kier molecular flexibility index (Phi) is 1.66. The van der Waals surface area contributed by atoms with Crippen LogP contribution in [0.2, 0.25) is 0 Å². The number of nitrogens with zero attached hydrogens (tertiary/aromatic N) is 2. The number of aromatic nitrogens is 2. The second kappa shape index (κ2) is 2.82. The third-order valence-corrected chi connectivity index (χ3v) is 1.72. The molecule has 4 nitrogen and oxygen atoms in total. The Hall–Kier alpha value is -1.97. The van der Waals surface area contributed by atoms with Crippen LogP contribution in [0.15, 0.2) is 35.3 Å². The lowest BCUT2D eigenvalue weighted by Gasteiger charge is -1.85. The first kappa shape index (κ1) is 7.67. The highest BCUT2D eigenvalue weighted by atomic mass is 16.1. The molecule has 0 bridgehead atoms. The molecular weight excluding hydrogens is 166 g/mol. The molecule has 0 radical (unpaired) electrons. The zero-order chi connectivity index (χ0) is 9.26. The molecule has 0 spiro atoms. The van der Waals surface area contributed by atoms with Crippen LogP contribution in [-0.2, 0) is 0 Å². The minimum absolute atomic E-state index is 0.0730. The summed E-state index contributed by atoms with van der Waals surface area (Å²) in [5.74, 6) is -0.0730. The molecule has 13 heavy (non-hydrogen) atoms. The maximum Gasteiger partial charge on any atom is 0.312 e. The Morgan fingerprint density at radius 3 is 2.85 bits per heavy atom. The highest BCUT2D eigenvalue weighted by Crippen LogP contribution is 2.06.